The largest absolute Gasteiger partial charge is 0.296 e. The lowest BCUT2D eigenvalue weighted by Gasteiger charge is -2.32. The molecule has 0 spiro atoms. The third-order valence-corrected chi connectivity index (χ3v) is 5.26. The Bertz CT molecular complexity index is 592. The van der Waals surface area contributed by atoms with Gasteiger partial charge in [0.15, 0.2) is 0 Å². The first-order chi connectivity index (χ1) is 10.1. The number of thiazole rings is 1. The second-order valence-electron chi connectivity index (χ2n) is 7.01. The Morgan fingerprint density at radius 3 is 2.82 bits per heavy atom. The molecular formula is C14H26N4O2S2. The predicted octanol–water partition coefficient (Wildman–Crippen LogP) is 1.45. The summed E-state index contributed by atoms with van der Waals surface area (Å²) in [7, 11) is -3.59. The minimum Gasteiger partial charge on any atom is -0.296 e. The average Bonchev–Trinajstić information content (AvgIpc) is 2.84. The van der Waals surface area contributed by atoms with Crippen molar-refractivity contribution in [2.45, 2.75) is 45.6 Å². The number of piperidine rings is 1. The van der Waals surface area contributed by atoms with Gasteiger partial charge < -0.3 is 0 Å². The molecule has 0 amide bonds. The van der Waals surface area contributed by atoms with Crippen LogP contribution in [-0.4, -0.2) is 37.9 Å². The summed E-state index contributed by atoms with van der Waals surface area (Å²) < 4.78 is 24.4. The number of hydrogen-bond acceptors (Lipinski definition) is 5. The van der Waals surface area contributed by atoms with Crippen molar-refractivity contribution < 1.29 is 8.42 Å². The molecule has 2 rings (SSSR count). The highest BCUT2D eigenvalue weighted by atomic mass is 32.2. The van der Waals surface area contributed by atoms with Crippen LogP contribution in [0, 0.1) is 5.92 Å². The first-order valence-electron chi connectivity index (χ1n) is 7.58. The molecule has 0 aliphatic carbocycles. The predicted molar refractivity (Wildman–Crippen MR) is 89.9 cm³/mol. The van der Waals surface area contributed by atoms with E-state index in [-0.39, 0.29) is 5.41 Å². The van der Waals surface area contributed by atoms with Gasteiger partial charge in [-0.15, -0.1) is 11.3 Å². The standard InChI is InChI=1S/C14H26N4O2S2/c1-14(2,3)12-10-21-13(17-12)9-18-6-4-5-11(8-18)7-16-22(15,19)20/h10-11,16H,4-9H2,1-3H3,(H2,15,19,20). The molecule has 1 aromatic heterocycles. The quantitative estimate of drug-likeness (QED) is 0.844. The smallest absolute Gasteiger partial charge is 0.274 e. The highest BCUT2D eigenvalue weighted by molar-refractivity contribution is 7.87. The molecule has 126 valence electrons. The van der Waals surface area contributed by atoms with Gasteiger partial charge in [-0.05, 0) is 25.3 Å². The Balaban J connectivity index is 1.89. The summed E-state index contributed by atoms with van der Waals surface area (Å²) >= 11 is 1.70. The van der Waals surface area contributed by atoms with Gasteiger partial charge in [0.05, 0.1) is 12.2 Å². The van der Waals surface area contributed by atoms with Crippen LogP contribution in [0.4, 0.5) is 0 Å². The van der Waals surface area contributed by atoms with E-state index in [4.69, 9.17) is 10.1 Å². The zero-order valence-corrected chi connectivity index (χ0v) is 15.1. The Morgan fingerprint density at radius 2 is 2.23 bits per heavy atom. The molecule has 6 nitrogen and oxygen atoms in total. The van der Waals surface area contributed by atoms with E-state index < -0.39 is 10.2 Å². The van der Waals surface area contributed by atoms with Crippen LogP contribution >= 0.6 is 11.3 Å². The van der Waals surface area contributed by atoms with E-state index in [0.717, 1.165) is 43.2 Å². The van der Waals surface area contributed by atoms with Gasteiger partial charge in [0, 0.05) is 23.9 Å². The van der Waals surface area contributed by atoms with Crippen LogP contribution in [0.1, 0.15) is 44.3 Å². The van der Waals surface area contributed by atoms with Crippen LogP contribution in [-0.2, 0) is 22.2 Å². The molecule has 1 unspecified atom stereocenters. The third kappa shape index (κ3) is 5.58. The molecule has 0 radical (unpaired) electrons. The maximum Gasteiger partial charge on any atom is 0.274 e. The summed E-state index contributed by atoms with van der Waals surface area (Å²) in [5.41, 5.74) is 1.22. The molecule has 1 atom stereocenters. The minimum absolute atomic E-state index is 0.0819. The van der Waals surface area contributed by atoms with Crippen molar-refractivity contribution in [3.8, 4) is 0 Å². The Morgan fingerprint density at radius 1 is 1.50 bits per heavy atom. The van der Waals surface area contributed by atoms with Crippen molar-refractivity contribution in [3.05, 3.63) is 16.1 Å². The summed E-state index contributed by atoms with van der Waals surface area (Å²) in [5.74, 6) is 0.314. The molecule has 0 saturated carbocycles. The fourth-order valence-corrected chi connectivity index (χ4v) is 4.14. The lowest BCUT2D eigenvalue weighted by atomic mass is 9.93. The summed E-state index contributed by atoms with van der Waals surface area (Å²) in [4.78, 5) is 7.08. The molecule has 3 N–H and O–H groups in total. The van der Waals surface area contributed by atoms with Crippen molar-refractivity contribution in [1.29, 1.82) is 0 Å². The molecule has 2 heterocycles. The van der Waals surface area contributed by atoms with E-state index >= 15 is 0 Å². The molecule has 1 aliphatic heterocycles. The van der Waals surface area contributed by atoms with E-state index in [2.05, 4.69) is 35.8 Å². The lowest BCUT2D eigenvalue weighted by Crippen LogP contribution is -2.42. The van der Waals surface area contributed by atoms with Crippen LogP contribution in [0.5, 0.6) is 0 Å². The molecule has 0 bridgehead atoms. The van der Waals surface area contributed by atoms with Gasteiger partial charge in [-0.1, -0.05) is 20.8 Å². The second kappa shape index (κ2) is 6.92. The maximum atomic E-state index is 11.0. The maximum absolute atomic E-state index is 11.0. The van der Waals surface area contributed by atoms with Gasteiger partial charge in [0.2, 0.25) is 0 Å². The van der Waals surface area contributed by atoms with E-state index in [9.17, 15) is 8.42 Å². The second-order valence-corrected chi connectivity index (χ2v) is 9.33. The highest BCUT2D eigenvalue weighted by Crippen LogP contribution is 2.25. The molecule has 1 fully saturated rings. The van der Waals surface area contributed by atoms with E-state index in [1.165, 1.54) is 0 Å². The number of likely N-dealkylation sites (tertiary alicyclic amines) is 1. The monoisotopic (exact) mass is 346 g/mol. The Labute approximate surface area is 137 Å². The third-order valence-electron chi connectivity index (χ3n) is 3.86. The number of nitrogens with one attached hydrogen (secondary N) is 1. The topological polar surface area (TPSA) is 88.3 Å². The molecule has 1 saturated heterocycles. The molecule has 1 aromatic rings. The molecule has 8 heteroatoms. The van der Waals surface area contributed by atoms with Crippen LogP contribution in [0.3, 0.4) is 0 Å². The Hall–Kier alpha value is -0.540. The summed E-state index contributed by atoms with van der Waals surface area (Å²) in [6.45, 7) is 9.68. The fraction of sp³-hybridized carbons (Fsp3) is 0.786. The van der Waals surface area contributed by atoms with E-state index in [1.54, 1.807) is 11.3 Å². The lowest BCUT2D eigenvalue weighted by molar-refractivity contribution is 0.168. The zero-order valence-electron chi connectivity index (χ0n) is 13.5. The van der Waals surface area contributed by atoms with Gasteiger partial charge in [0.25, 0.3) is 10.2 Å². The minimum atomic E-state index is -3.59. The number of aromatic nitrogens is 1. The summed E-state index contributed by atoms with van der Waals surface area (Å²) in [6.07, 6.45) is 2.11. The van der Waals surface area contributed by atoms with E-state index in [0.29, 0.717) is 12.5 Å². The molecular weight excluding hydrogens is 320 g/mol. The number of nitrogens with zero attached hydrogens (tertiary/aromatic N) is 2. The molecule has 22 heavy (non-hydrogen) atoms. The first kappa shape index (κ1) is 17.8. The van der Waals surface area contributed by atoms with Crippen LogP contribution < -0.4 is 9.86 Å². The van der Waals surface area contributed by atoms with Crippen LogP contribution in [0.2, 0.25) is 0 Å². The average molecular weight is 347 g/mol. The number of nitrogens with two attached hydrogens (primary N) is 1. The van der Waals surface area contributed by atoms with Gasteiger partial charge in [-0.3, -0.25) is 4.90 Å². The SMILES string of the molecule is CC(C)(C)c1csc(CN2CCCC(CNS(N)(=O)=O)C2)n1. The van der Waals surface area contributed by atoms with Crippen molar-refractivity contribution in [2.24, 2.45) is 11.1 Å². The van der Waals surface area contributed by atoms with Crippen LogP contribution in [0.25, 0.3) is 0 Å². The zero-order chi connectivity index (χ0) is 16.4. The Kier molecular flexibility index (Phi) is 5.60. The fourth-order valence-electron chi connectivity index (χ4n) is 2.61. The number of hydrogen-bond donors (Lipinski definition) is 2. The first-order valence-corrected chi connectivity index (χ1v) is 10.0. The van der Waals surface area contributed by atoms with Crippen molar-refractivity contribution >= 4 is 21.5 Å². The van der Waals surface area contributed by atoms with E-state index in [1.807, 2.05) is 0 Å². The molecule has 0 aromatic carbocycles. The van der Waals surface area contributed by atoms with Crippen molar-refractivity contribution in [1.82, 2.24) is 14.6 Å². The van der Waals surface area contributed by atoms with Crippen molar-refractivity contribution in [3.63, 3.8) is 0 Å². The van der Waals surface area contributed by atoms with Gasteiger partial charge in [-0.25, -0.2) is 14.8 Å². The van der Waals surface area contributed by atoms with Gasteiger partial charge >= 0.3 is 0 Å². The molecule has 1 aliphatic rings. The summed E-state index contributed by atoms with van der Waals surface area (Å²) in [5, 5.41) is 8.26. The normalized spacial score (nSPS) is 21.2. The van der Waals surface area contributed by atoms with Gasteiger partial charge in [-0.2, -0.15) is 8.42 Å². The highest BCUT2D eigenvalue weighted by Gasteiger charge is 2.23. The van der Waals surface area contributed by atoms with Crippen LogP contribution in [0.15, 0.2) is 5.38 Å². The summed E-state index contributed by atoms with van der Waals surface area (Å²) in [6, 6.07) is 0. The van der Waals surface area contributed by atoms with Crippen molar-refractivity contribution in [2.75, 3.05) is 19.6 Å². The van der Waals surface area contributed by atoms with Gasteiger partial charge in [0.1, 0.15) is 5.01 Å². The number of rotatable bonds is 5.